The van der Waals surface area contributed by atoms with E-state index in [0.717, 1.165) is 18.0 Å². The van der Waals surface area contributed by atoms with Crippen LogP contribution in [0, 0.1) is 5.92 Å². The van der Waals surface area contributed by atoms with Crippen LogP contribution in [0.15, 0.2) is 0 Å². The topological polar surface area (TPSA) is 15.3 Å². The Morgan fingerprint density at radius 1 is 1.17 bits per heavy atom. The zero-order valence-electron chi connectivity index (χ0n) is 12.5. The van der Waals surface area contributed by atoms with Gasteiger partial charge in [0.05, 0.1) is 0 Å². The lowest BCUT2D eigenvalue weighted by molar-refractivity contribution is 0.112. The van der Waals surface area contributed by atoms with Gasteiger partial charge in [0, 0.05) is 18.6 Å². The van der Waals surface area contributed by atoms with Gasteiger partial charge in [-0.15, -0.1) is 0 Å². The maximum Gasteiger partial charge on any atom is 0.0197 e. The van der Waals surface area contributed by atoms with Crippen molar-refractivity contribution in [3.05, 3.63) is 0 Å². The molecule has 106 valence electrons. The lowest BCUT2D eigenvalue weighted by atomic mass is 9.89. The number of hydrogen-bond donors (Lipinski definition) is 1. The molecule has 2 heteroatoms. The molecule has 0 radical (unpaired) electrons. The number of likely N-dealkylation sites (tertiary alicyclic amines) is 1. The minimum Gasteiger partial charge on any atom is -0.313 e. The van der Waals surface area contributed by atoms with Crippen LogP contribution >= 0.6 is 0 Å². The van der Waals surface area contributed by atoms with E-state index in [1.807, 2.05) is 0 Å². The van der Waals surface area contributed by atoms with Gasteiger partial charge in [0.15, 0.2) is 0 Å². The van der Waals surface area contributed by atoms with Crippen molar-refractivity contribution in [2.75, 3.05) is 19.6 Å². The summed E-state index contributed by atoms with van der Waals surface area (Å²) < 4.78 is 0. The Morgan fingerprint density at radius 2 is 2.06 bits per heavy atom. The second-order valence-electron chi connectivity index (χ2n) is 6.38. The van der Waals surface area contributed by atoms with Crippen LogP contribution in [0.5, 0.6) is 0 Å². The highest BCUT2D eigenvalue weighted by Gasteiger charge is 2.27. The third kappa shape index (κ3) is 3.96. The van der Waals surface area contributed by atoms with Gasteiger partial charge in [-0.1, -0.05) is 33.1 Å². The molecular weight excluding hydrogens is 220 g/mol. The Balaban J connectivity index is 1.82. The standard InChI is InChI=1S/C16H32N2/c1-3-7-16-8-5-6-11-18(16)13-15-12-14(4-2)9-10-17-15/h14-17H,3-13H2,1-2H3. The SMILES string of the molecule is CCCC1CCCCN1CC1CC(CC)CCN1. The number of hydrogen-bond acceptors (Lipinski definition) is 2. The van der Waals surface area contributed by atoms with Crippen molar-refractivity contribution >= 4 is 0 Å². The highest BCUT2D eigenvalue weighted by Crippen LogP contribution is 2.24. The molecule has 0 aromatic heterocycles. The average molecular weight is 252 g/mol. The van der Waals surface area contributed by atoms with E-state index in [2.05, 4.69) is 24.1 Å². The van der Waals surface area contributed by atoms with Crippen LogP contribution in [0.1, 0.15) is 65.2 Å². The summed E-state index contributed by atoms with van der Waals surface area (Å²) in [5.74, 6) is 0.977. The molecule has 2 rings (SSSR count). The number of rotatable bonds is 5. The van der Waals surface area contributed by atoms with Crippen molar-refractivity contribution in [1.29, 1.82) is 0 Å². The summed E-state index contributed by atoms with van der Waals surface area (Å²) in [6.45, 7) is 8.59. The van der Waals surface area contributed by atoms with Gasteiger partial charge >= 0.3 is 0 Å². The molecule has 3 atom stereocenters. The van der Waals surface area contributed by atoms with Crippen LogP contribution in [-0.4, -0.2) is 36.6 Å². The number of nitrogens with one attached hydrogen (secondary N) is 1. The lowest BCUT2D eigenvalue weighted by Crippen LogP contribution is -2.50. The molecule has 2 aliphatic heterocycles. The van der Waals surface area contributed by atoms with E-state index in [-0.39, 0.29) is 0 Å². The molecule has 0 amide bonds. The Hall–Kier alpha value is -0.0800. The second-order valence-corrected chi connectivity index (χ2v) is 6.38. The smallest absolute Gasteiger partial charge is 0.0197 e. The molecule has 0 aromatic carbocycles. The van der Waals surface area contributed by atoms with Gasteiger partial charge in [0.1, 0.15) is 0 Å². The first-order valence-corrected chi connectivity index (χ1v) is 8.30. The number of piperidine rings is 2. The first-order chi connectivity index (χ1) is 8.83. The summed E-state index contributed by atoms with van der Waals surface area (Å²) in [5.41, 5.74) is 0. The summed E-state index contributed by atoms with van der Waals surface area (Å²) in [7, 11) is 0. The fourth-order valence-corrected chi connectivity index (χ4v) is 3.85. The number of nitrogens with zero attached hydrogens (tertiary/aromatic N) is 1. The van der Waals surface area contributed by atoms with Crippen molar-refractivity contribution in [2.24, 2.45) is 5.92 Å². The van der Waals surface area contributed by atoms with Gasteiger partial charge in [-0.05, 0) is 51.1 Å². The molecule has 0 aliphatic carbocycles. The predicted molar refractivity (Wildman–Crippen MR) is 78.9 cm³/mol. The summed E-state index contributed by atoms with van der Waals surface area (Å²) in [6.07, 6.45) is 11.2. The Bertz CT molecular complexity index is 227. The van der Waals surface area contributed by atoms with E-state index in [1.54, 1.807) is 0 Å². The van der Waals surface area contributed by atoms with Crippen LogP contribution in [0.4, 0.5) is 0 Å². The van der Waals surface area contributed by atoms with E-state index >= 15 is 0 Å². The van der Waals surface area contributed by atoms with Crippen molar-refractivity contribution < 1.29 is 0 Å². The molecular formula is C16H32N2. The van der Waals surface area contributed by atoms with Crippen LogP contribution in [0.2, 0.25) is 0 Å². The normalized spacial score (nSPS) is 34.7. The van der Waals surface area contributed by atoms with E-state index in [1.165, 1.54) is 71.0 Å². The van der Waals surface area contributed by atoms with Gasteiger partial charge in [-0.2, -0.15) is 0 Å². The highest BCUT2D eigenvalue weighted by molar-refractivity contribution is 4.84. The lowest BCUT2D eigenvalue weighted by Gasteiger charge is -2.40. The van der Waals surface area contributed by atoms with Crippen LogP contribution in [0.25, 0.3) is 0 Å². The molecule has 0 aromatic rings. The molecule has 0 spiro atoms. The highest BCUT2D eigenvalue weighted by atomic mass is 15.2. The molecule has 2 saturated heterocycles. The van der Waals surface area contributed by atoms with Crippen molar-refractivity contribution in [1.82, 2.24) is 10.2 Å². The fraction of sp³-hybridized carbons (Fsp3) is 1.00. The molecule has 18 heavy (non-hydrogen) atoms. The Labute approximate surface area is 114 Å². The minimum absolute atomic E-state index is 0.765. The third-order valence-electron chi connectivity index (χ3n) is 5.01. The summed E-state index contributed by atoms with van der Waals surface area (Å²) >= 11 is 0. The molecule has 0 bridgehead atoms. The third-order valence-corrected chi connectivity index (χ3v) is 5.01. The van der Waals surface area contributed by atoms with Gasteiger partial charge in [0.25, 0.3) is 0 Å². The average Bonchev–Trinajstić information content (AvgIpc) is 2.41. The zero-order valence-corrected chi connectivity index (χ0v) is 12.5. The second kappa shape index (κ2) is 7.49. The van der Waals surface area contributed by atoms with E-state index in [0.29, 0.717) is 0 Å². The van der Waals surface area contributed by atoms with E-state index < -0.39 is 0 Å². The van der Waals surface area contributed by atoms with Crippen molar-refractivity contribution in [3.8, 4) is 0 Å². The summed E-state index contributed by atoms with van der Waals surface area (Å²) in [6, 6.07) is 1.65. The first kappa shape index (κ1) is 14.3. The maximum atomic E-state index is 3.75. The predicted octanol–water partition coefficient (Wildman–Crippen LogP) is 3.42. The van der Waals surface area contributed by atoms with E-state index in [9.17, 15) is 0 Å². The zero-order chi connectivity index (χ0) is 12.8. The van der Waals surface area contributed by atoms with Gasteiger partial charge in [-0.3, -0.25) is 4.90 Å². The monoisotopic (exact) mass is 252 g/mol. The molecule has 3 unspecified atom stereocenters. The van der Waals surface area contributed by atoms with Crippen molar-refractivity contribution in [3.63, 3.8) is 0 Å². The molecule has 2 heterocycles. The fourth-order valence-electron chi connectivity index (χ4n) is 3.85. The van der Waals surface area contributed by atoms with E-state index in [4.69, 9.17) is 0 Å². The maximum absolute atomic E-state index is 3.75. The molecule has 2 fully saturated rings. The first-order valence-electron chi connectivity index (χ1n) is 8.30. The Morgan fingerprint density at radius 3 is 2.83 bits per heavy atom. The molecule has 1 N–H and O–H groups in total. The Kier molecular flexibility index (Phi) is 5.97. The molecule has 0 saturated carbocycles. The molecule has 2 nitrogen and oxygen atoms in total. The summed E-state index contributed by atoms with van der Waals surface area (Å²) in [5, 5.41) is 3.75. The largest absolute Gasteiger partial charge is 0.313 e. The van der Waals surface area contributed by atoms with Crippen LogP contribution in [-0.2, 0) is 0 Å². The van der Waals surface area contributed by atoms with Gasteiger partial charge in [-0.25, -0.2) is 0 Å². The van der Waals surface area contributed by atoms with Gasteiger partial charge < -0.3 is 5.32 Å². The summed E-state index contributed by atoms with van der Waals surface area (Å²) in [4.78, 5) is 2.79. The minimum atomic E-state index is 0.765. The molecule has 2 aliphatic rings. The quantitative estimate of drug-likeness (QED) is 0.806. The van der Waals surface area contributed by atoms with Gasteiger partial charge in [0.2, 0.25) is 0 Å². The van der Waals surface area contributed by atoms with Crippen LogP contribution in [0.3, 0.4) is 0 Å². The van der Waals surface area contributed by atoms with Crippen LogP contribution < -0.4 is 5.32 Å². The van der Waals surface area contributed by atoms with Crippen molar-refractivity contribution in [2.45, 2.75) is 77.3 Å².